The zero-order chi connectivity index (χ0) is 17.7. The molecule has 0 fully saturated rings. The minimum absolute atomic E-state index is 0.225. The summed E-state index contributed by atoms with van der Waals surface area (Å²) in [5, 5.41) is 17.7. The highest BCUT2D eigenvalue weighted by atomic mass is 16.5. The molecule has 0 amide bonds. The van der Waals surface area contributed by atoms with E-state index in [1.807, 2.05) is 0 Å². The van der Waals surface area contributed by atoms with Crippen LogP contribution in [0.15, 0.2) is 12.2 Å². The van der Waals surface area contributed by atoms with Crippen molar-refractivity contribution in [3.05, 3.63) is 12.2 Å². The molecule has 0 aliphatic heterocycles. The van der Waals surface area contributed by atoms with Crippen LogP contribution in [-0.2, 0) is 4.74 Å². The van der Waals surface area contributed by atoms with E-state index in [2.05, 4.69) is 19.1 Å². The van der Waals surface area contributed by atoms with Gasteiger partial charge in [0.05, 0.1) is 19.8 Å². The van der Waals surface area contributed by atoms with Gasteiger partial charge in [0.25, 0.3) is 0 Å². The Balaban J connectivity index is 3.08. The topological polar surface area (TPSA) is 49.7 Å². The van der Waals surface area contributed by atoms with Crippen molar-refractivity contribution < 1.29 is 14.9 Å². The molecule has 0 bridgehead atoms. The fraction of sp³-hybridized carbons (Fsp3) is 0.905. The summed E-state index contributed by atoms with van der Waals surface area (Å²) >= 11 is 0. The molecule has 0 aromatic rings. The quantitative estimate of drug-likeness (QED) is 0.244. The monoisotopic (exact) mass is 342 g/mol. The van der Waals surface area contributed by atoms with Crippen LogP contribution in [0.2, 0.25) is 0 Å². The normalized spacial score (nSPS) is 13.0. The van der Waals surface area contributed by atoms with Crippen molar-refractivity contribution in [3.63, 3.8) is 0 Å². The van der Waals surface area contributed by atoms with Crippen LogP contribution in [0.5, 0.6) is 0 Å². The first-order chi connectivity index (χ1) is 11.8. The molecule has 0 heterocycles. The van der Waals surface area contributed by atoms with E-state index >= 15 is 0 Å². The fourth-order valence-corrected chi connectivity index (χ4v) is 2.76. The zero-order valence-electron chi connectivity index (χ0n) is 16.1. The van der Waals surface area contributed by atoms with Crippen LogP contribution in [0.3, 0.4) is 0 Å². The largest absolute Gasteiger partial charge is 0.394 e. The number of allylic oxidation sites excluding steroid dienone is 1. The molecule has 0 rings (SSSR count). The molecule has 1 atom stereocenters. The molecule has 0 spiro atoms. The molecule has 0 aliphatic carbocycles. The van der Waals surface area contributed by atoms with E-state index in [0.29, 0.717) is 6.61 Å². The molecular formula is C21H42O3. The summed E-state index contributed by atoms with van der Waals surface area (Å²) in [5.74, 6) is 0. The van der Waals surface area contributed by atoms with Gasteiger partial charge in [-0.05, 0) is 19.3 Å². The van der Waals surface area contributed by atoms with Gasteiger partial charge in [-0.15, -0.1) is 0 Å². The SMILES string of the molecule is CCCCCCCCCCCCCCC=CCCOCC(O)CO. The molecule has 0 aromatic carbocycles. The van der Waals surface area contributed by atoms with Crippen LogP contribution < -0.4 is 0 Å². The van der Waals surface area contributed by atoms with Gasteiger partial charge in [0, 0.05) is 0 Å². The van der Waals surface area contributed by atoms with Gasteiger partial charge >= 0.3 is 0 Å². The molecule has 0 aliphatic rings. The molecule has 3 nitrogen and oxygen atoms in total. The van der Waals surface area contributed by atoms with Crippen molar-refractivity contribution >= 4 is 0 Å². The van der Waals surface area contributed by atoms with E-state index in [0.717, 1.165) is 12.8 Å². The Kier molecular flexibility index (Phi) is 20.3. The van der Waals surface area contributed by atoms with Crippen molar-refractivity contribution in [3.8, 4) is 0 Å². The molecule has 1 unspecified atom stereocenters. The molecule has 24 heavy (non-hydrogen) atoms. The third-order valence-electron chi connectivity index (χ3n) is 4.34. The second kappa shape index (κ2) is 20.7. The van der Waals surface area contributed by atoms with Crippen LogP contribution in [0.25, 0.3) is 0 Å². The third kappa shape index (κ3) is 19.7. The standard InChI is InChI=1S/C21H42O3/c1-2-3-4-5-6-7-8-9-10-11-12-13-14-15-16-17-18-24-20-21(23)19-22/h15-16,21-23H,2-14,17-20H2,1H3. The summed E-state index contributed by atoms with van der Waals surface area (Å²) in [4.78, 5) is 0. The maximum Gasteiger partial charge on any atom is 0.100 e. The lowest BCUT2D eigenvalue weighted by molar-refractivity contribution is 0.00767. The number of hydrogen-bond donors (Lipinski definition) is 2. The number of rotatable bonds is 19. The lowest BCUT2D eigenvalue weighted by Crippen LogP contribution is -2.19. The Bertz CT molecular complexity index is 253. The second-order valence-electron chi connectivity index (χ2n) is 6.85. The van der Waals surface area contributed by atoms with Crippen molar-refractivity contribution in [1.82, 2.24) is 0 Å². The van der Waals surface area contributed by atoms with Gasteiger partial charge in [-0.3, -0.25) is 0 Å². The molecule has 0 radical (unpaired) electrons. The van der Waals surface area contributed by atoms with E-state index < -0.39 is 6.10 Å². The Morgan fingerprint density at radius 2 is 1.25 bits per heavy atom. The molecule has 144 valence electrons. The Morgan fingerprint density at radius 3 is 1.79 bits per heavy atom. The van der Waals surface area contributed by atoms with Gasteiger partial charge in [-0.2, -0.15) is 0 Å². The van der Waals surface area contributed by atoms with Crippen molar-refractivity contribution in [2.75, 3.05) is 19.8 Å². The first-order valence-electron chi connectivity index (χ1n) is 10.3. The van der Waals surface area contributed by atoms with Gasteiger partial charge in [-0.1, -0.05) is 89.7 Å². The number of aliphatic hydroxyl groups excluding tert-OH is 2. The predicted octanol–water partition coefficient (Wildman–Crippen LogP) is 5.39. The summed E-state index contributed by atoms with van der Waals surface area (Å²) in [6, 6.07) is 0. The van der Waals surface area contributed by atoms with Gasteiger partial charge in [0.2, 0.25) is 0 Å². The molecular weight excluding hydrogens is 300 g/mol. The van der Waals surface area contributed by atoms with E-state index in [1.54, 1.807) is 0 Å². The van der Waals surface area contributed by atoms with Gasteiger partial charge in [0.15, 0.2) is 0 Å². The summed E-state index contributed by atoms with van der Waals surface area (Å²) in [5.41, 5.74) is 0. The fourth-order valence-electron chi connectivity index (χ4n) is 2.76. The van der Waals surface area contributed by atoms with E-state index in [9.17, 15) is 0 Å². The Morgan fingerprint density at radius 1 is 0.750 bits per heavy atom. The highest BCUT2D eigenvalue weighted by Gasteiger charge is 1.99. The molecule has 3 heteroatoms. The smallest absolute Gasteiger partial charge is 0.100 e. The van der Waals surface area contributed by atoms with E-state index in [1.165, 1.54) is 77.0 Å². The number of unbranched alkanes of at least 4 members (excludes halogenated alkanes) is 12. The number of aliphatic hydroxyl groups is 2. The molecule has 0 saturated carbocycles. The van der Waals surface area contributed by atoms with Crippen LogP contribution in [-0.4, -0.2) is 36.1 Å². The molecule has 0 aromatic heterocycles. The lowest BCUT2D eigenvalue weighted by Gasteiger charge is -2.06. The van der Waals surface area contributed by atoms with Crippen molar-refractivity contribution in [2.45, 2.75) is 103 Å². The van der Waals surface area contributed by atoms with Gasteiger partial charge < -0.3 is 14.9 Å². The highest BCUT2D eigenvalue weighted by Crippen LogP contribution is 2.12. The second-order valence-corrected chi connectivity index (χ2v) is 6.85. The van der Waals surface area contributed by atoms with Gasteiger partial charge in [-0.25, -0.2) is 0 Å². The average molecular weight is 343 g/mol. The van der Waals surface area contributed by atoms with Crippen LogP contribution in [0, 0.1) is 0 Å². The summed E-state index contributed by atoms with van der Waals surface area (Å²) in [6.07, 6.45) is 22.5. The van der Waals surface area contributed by atoms with E-state index in [4.69, 9.17) is 14.9 Å². The summed E-state index contributed by atoms with van der Waals surface area (Å²) in [7, 11) is 0. The third-order valence-corrected chi connectivity index (χ3v) is 4.34. The zero-order valence-corrected chi connectivity index (χ0v) is 16.1. The molecule has 2 N–H and O–H groups in total. The number of hydrogen-bond acceptors (Lipinski definition) is 3. The Hall–Kier alpha value is -0.380. The average Bonchev–Trinajstić information content (AvgIpc) is 2.60. The summed E-state index contributed by atoms with van der Waals surface area (Å²) < 4.78 is 5.24. The minimum atomic E-state index is -0.741. The number of ether oxygens (including phenoxy) is 1. The van der Waals surface area contributed by atoms with Gasteiger partial charge in [0.1, 0.15) is 6.10 Å². The lowest BCUT2D eigenvalue weighted by atomic mass is 10.0. The van der Waals surface area contributed by atoms with Crippen LogP contribution >= 0.6 is 0 Å². The molecule has 0 saturated heterocycles. The maximum atomic E-state index is 9.10. The summed E-state index contributed by atoms with van der Waals surface area (Å²) in [6.45, 7) is 2.89. The maximum absolute atomic E-state index is 9.10. The van der Waals surface area contributed by atoms with E-state index in [-0.39, 0.29) is 13.2 Å². The first-order valence-corrected chi connectivity index (χ1v) is 10.3. The minimum Gasteiger partial charge on any atom is -0.394 e. The Labute approximate surface area is 150 Å². The predicted molar refractivity (Wildman–Crippen MR) is 103 cm³/mol. The first kappa shape index (κ1) is 23.6. The highest BCUT2D eigenvalue weighted by molar-refractivity contribution is 4.81. The van der Waals surface area contributed by atoms with Crippen LogP contribution in [0.1, 0.15) is 96.8 Å². The van der Waals surface area contributed by atoms with Crippen molar-refractivity contribution in [1.29, 1.82) is 0 Å². The van der Waals surface area contributed by atoms with Crippen LogP contribution in [0.4, 0.5) is 0 Å². The van der Waals surface area contributed by atoms with Crippen molar-refractivity contribution in [2.24, 2.45) is 0 Å².